The molecule has 0 aromatic carbocycles. The van der Waals surface area contributed by atoms with Crippen LogP contribution in [0.15, 0.2) is 6.07 Å². The van der Waals surface area contributed by atoms with Gasteiger partial charge in [0.25, 0.3) is 5.91 Å². The van der Waals surface area contributed by atoms with Gasteiger partial charge in [-0.05, 0) is 43.1 Å². The fourth-order valence-corrected chi connectivity index (χ4v) is 5.15. The molecule has 2 aliphatic heterocycles. The molecule has 3 rings (SSSR count). The Kier molecular flexibility index (Phi) is 3.87. The van der Waals surface area contributed by atoms with E-state index < -0.39 is 0 Å². The van der Waals surface area contributed by atoms with Crippen molar-refractivity contribution in [1.29, 1.82) is 0 Å². The molecule has 0 radical (unpaired) electrons. The van der Waals surface area contributed by atoms with Crippen molar-refractivity contribution in [1.82, 2.24) is 4.90 Å². The lowest BCUT2D eigenvalue weighted by Gasteiger charge is -2.17. The van der Waals surface area contributed by atoms with Crippen molar-refractivity contribution in [3.63, 3.8) is 0 Å². The second-order valence-electron chi connectivity index (χ2n) is 5.52. The molecule has 1 aromatic heterocycles. The summed E-state index contributed by atoms with van der Waals surface area (Å²) in [6.07, 6.45) is 2.17. The van der Waals surface area contributed by atoms with Crippen molar-refractivity contribution >= 4 is 29.0 Å². The molecule has 1 amide bonds. The highest BCUT2D eigenvalue weighted by Gasteiger charge is 2.30. The molecule has 2 N–H and O–H groups in total. The van der Waals surface area contributed by atoms with Gasteiger partial charge in [-0.15, -0.1) is 11.3 Å². The molecule has 2 aliphatic rings. The lowest BCUT2D eigenvalue weighted by molar-refractivity contribution is 0.0790. The van der Waals surface area contributed by atoms with Crippen LogP contribution in [0, 0.1) is 5.92 Å². The number of nitrogens with two attached hydrogens (primary N) is 1. The van der Waals surface area contributed by atoms with E-state index in [1.54, 1.807) is 11.3 Å². The van der Waals surface area contributed by atoms with Gasteiger partial charge in [0.15, 0.2) is 0 Å². The summed E-state index contributed by atoms with van der Waals surface area (Å²) in [4.78, 5) is 16.9. The number of likely N-dealkylation sites (tertiary alicyclic amines) is 1. The third-order valence-corrected chi connectivity index (χ3v) is 6.33. The van der Waals surface area contributed by atoms with Crippen molar-refractivity contribution < 1.29 is 4.79 Å². The molecule has 3 heterocycles. The molecule has 5 heteroatoms. The molecular weight excluding hydrogens is 276 g/mol. The second-order valence-corrected chi connectivity index (χ2v) is 7.76. The summed E-state index contributed by atoms with van der Waals surface area (Å²) in [5, 5.41) is 0. The van der Waals surface area contributed by atoms with E-state index in [9.17, 15) is 4.79 Å². The minimum Gasteiger partial charge on any atom is -0.338 e. The summed E-state index contributed by atoms with van der Waals surface area (Å²) in [7, 11) is 0. The summed E-state index contributed by atoms with van der Waals surface area (Å²) in [6, 6.07) is 2.30. The number of hydrogen-bond acceptors (Lipinski definition) is 4. The van der Waals surface area contributed by atoms with Gasteiger partial charge in [-0.25, -0.2) is 0 Å². The predicted octanol–water partition coefficient (Wildman–Crippen LogP) is 2.35. The van der Waals surface area contributed by atoms with Crippen LogP contribution in [0.25, 0.3) is 0 Å². The summed E-state index contributed by atoms with van der Waals surface area (Å²) in [5.74, 6) is 2.95. The number of thiophene rings is 1. The van der Waals surface area contributed by atoms with Gasteiger partial charge in [0.1, 0.15) is 0 Å². The van der Waals surface area contributed by atoms with Gasteiger partial charge in [-0.3, -0.25) is 4.79 Å². The molecule has 0 bridgehead atoms. The highest BCUT2D eigenvalue weighted by atomic mass is 32.2. The topological polar surface area (TPSA) is 46.3 Å². The zero-order valence-electron chi connectivity index (χ0n) is 11.2. The van der Waals surface area contributed by atoms with Crippen LogP contribution in [-0.4, -0.2) is 35.7 Å². The van der Waals surface area contributed by atoms with Crippen LogP contribution in [0.4, 0.5) is 0 Å². The van der Waals surface area contributed by atoms with Crippen LogP contribution in [0.1, 0.15) is 33.5 Å². The van der Waals surface area contributed by atoms with Crippen LogP contribution in [0.2, 0.25) is 0 Å². The fourth-order valence-electron chi connectivity index (χ4n) is 2.81. The Morgan fingerprint density at radius 3 is 3.11 bits per heavy atom. The fraction of sp³-hybridized carbons (Fsp3) is 0.643. The third kappa shape index (κ3) is 2.69. The SMILES string of the molecule is CC(N)C1CCN(C(=O)c2cc3c(s2)CCSC3)C1. The largest absolute Gasteiger partial charge is 0.338 e. The lowest BCUT2D eigenvalue weighted by Crippen LogP contribution is -2.32. The van der Waals surface area contributed by atoms with E-state index in [0.717, 1.165) is 36.6 Å². The Morgan fingerprint density at radius 2 is 2.42 bits per heavy atom. The Morgan fingerprint density at radius 1 is 1.58 bits per heavy atom. The zero-order valence-corrected chi connectivity index (χ0v) is 12.9. The van der Waals surface area contributed by atoms with Crippen molar-refractivity contribution in [2.75, 3.05) is 18.8 Å². The van der Waals surface area contributed by atoms with Crippen molar-refractivity contribution in [2.45, 2.75) is 31.6 Å². The van der Waals surface area contributed by atoms with E-state index in [2.05, 4.69) is 6.07 Å². The van der Waals surface area contributed by atoms with Crippen LogP contribution in [0.3, 0.4) is 0 Å². The molecule has 1 fully saturated rings. The van der Waals surface area contributed by atoms with E-state index in [1.807, 2.05) is 23.6 Å². The first-order valence-electron chi connectivity index (χ1n) is 6.89. The first kappa shape index (κ1) is 13.5. The van der Waals surface area contributed by atoms with Gasteiger partial charge in [0.2, 0.25) is 0 Å². The number of carbonyl (C=O) groups excluding carboxylic acids is 1. The maximum Gasteiger partial charge on any atom is 0.263 e. The molecular formula is C14H20N2OS2. The first-order valence-corrected chi connectivity index (χ1v) is 8.86. The molecule has 1 aromatic rings. The molecule has 0 spiro atoms. The number of hydrogen-bond donors (Lipinski definition) is 1. The molecule has 3 nitrogen and oxygen atoms in total. The van der Waals surface area contributed by atoms with Gasteiger partial charge in [0.05, 0.1) is 4.88 Å². The maximum atomic E-state index is 12.5. The Bertz CT molecular complexity index is 460. The molecule has 104 valence electrons. The molecule has 0 saturated carbocycles. The van der Waals surface area contributed by atoms with Crippen molar-refractivity contribution in [3.8, 4) is 0 Å². The van der Waals surface area contributed by atoms with Crippen molar-refractivity contribution in [3.05, 3.63) is 21.4 Å². The number of fused-ring (bicyclic) bond motifs is 1. The molecule has 0 aliphatic carbocycles. The van der Waals surface area contributed by atoms with Crippen LogP contribution >= 0.6 is 23.1 Å². The quantitative estimate of drug-likeness (QED) is 0.911. The van der Waals surface area contributed by atoms with E-state index in [4.69, 9.17) is 5.73 Å². The van der Waals surface area contributed by atoms with E-state index in [1.165, 1.54) is 16.2 Å². The van der Waals surface area contributed by atoms with Crippen LogP contribution < -0.4 is 5.73 Å². The van der Waals surface area contributed by atoms with E-state index in [-0.39, 0.29) is 11.9 Å². The normalized spacial score (nSPS) is 24.3. The first-order chi connectivity index (χ1) is 9.15. The maximum absolute atomic E-state index is 12.5. The minimum absolute atomic E-state index is 0.186. The number of carbonyl (C=O) groups is 1. The number of aryl methyl sites for hydroxylation is 1. The summed E-state index contributed by atoms with van der Waals surface area (Å²) in [5.41, 5.74) is 7.32. The van der Waals surface area contributed by atoms with Crippen LogP contribution in [0.5, 0.6) is 0 Å². The Hall–Kier alpha value is -0.520. The molecule has 19 heavy (non-hydrogen) atoms. The molecule has 2 atom stereocenters. The van der Waals surface area contributed by atoms with Gasteiger partial charge >= 0.3 is 0 Å². The summed E-state index contributed by atoms with van der Waals surface area (Å²) >= 11 is 3.67. The smallest absolute Gasteiger partial charge is 0.263 e. The summed E-state index contributed by atoms with van der Waals surface area (Å²) in [6.45, 7) is 3.73. The van der Waals surface area contributed by atoms with E-state index >= 15 is 0 Å². The van der Waals surface area contributed by atoms with Gasteiger partial charge in [-0.2, -0.15) is 11.8 Å². The van der Waals surface area contributed by atoms with Crippen LogP contribution in [-0.2, 0) is 12.2 Å². The van der Waals surface area contributed by atoms with Crippen molar-refractivity contribution in [2.24, 2.45) is 11.7 Å². The average molecular weight is 296 g/mol. The monoisotopic (exact) mass is 296 g/mol. The highest BCUT2D eigenvalue weighted by molar-refractivity contribution is 7.98. The predicted molar refractivity (Wildman–Crippen MR) is 81.8 cm³/mol. The number of thioether (sulfide) groups is 1. The van der Waals surface area contributed by atoms with Gasteiger partial charge in [-0.1, -0.05) is 0 Å². The molecule has 2 unspecified atom stereocenters. The number of nitrogens with zero attached hydrogens (tertiary/aromatic N) is 1. The van der Waals surface area contributed by atoms with E-state index in [0.29, 0.717) is 5.92 Å². The third-order valence-electron chi connectivity index (χ3n) is 4.09. The Labute approximate surface area is 122 Å². The zero-order chi connectivity index (χ0) is 13.4. The second kappa shape index (κ2) is 5.46. The van der Waals surface area contributed by atoms with Gasteiger partial charge < -0.3 is 10.6 Å². The highest BCUT2D eigenvalue weighted by Crippen LogP contribution is 2.33. The molecule has 1 saturated heterocycles. The number of rotatable bonds is 2. The standard InChI is InChI=1S/C14H20N2OS2/c1-9(15)10-2-4-16(7-10)14(17)13-6-11-8-18-5-3-12(11)19-13/h6,9-10H,2-5,7-8,15H2,1H3. The summed E-state index contributed by atoms with van der Waals surface area (Å²) < 4.78 is 0. The number of amides is 1. The average Bonchev–Trinajstić information content (AvgIpc) is 3.04. The Balaban J connectivity index is 1.72. The van der Waals surface area contributed by atoms with Gasteiger partial charge in [0, 0.05) is 29.8 Å². The lowest BCUT2D eigenvalue weighted by atomic mass is 10.0. The minimum atomic E-state index is 0.186.